The Morgan fingerprint density at radius 2 is 2.29 bits per heavy atom. The molecule has 0 saturated carbocycles. The van der Waals surface area contributed by atoms with Crippen LogP contribution in [0.5, 0.6) is 0 Å². The lowest BCUT2D eigenvalue weighted by atomic mass is 10.2. The van der Waals surface area contributed by atoms with Crippen LogP contribution in [0.2, 0.25) is 0 Å². The molecule has 72 valence electrons. The highest BCUT2D eigenvalue weighted by Gasteiger charge is 2.13. The third-order valence-electron chi connectivity index (χ3n) is 2.08. The van der Waals surface area contributed by atoms with Crippen molar-refractivity contribution in [2.45, 2.75) is 6.92 Å². The molecule has 5 nitrogen and oxygen atoms in total. The van der Waals surface area contributed by atoms with Crippen LogP contribution in [0, 0.1) is 6.92 Å². The molecule has 0 bridgehead atoms. The number of fused-ring (bicyclic) bond motifs is 1. The maximum absolute atomic E-state index is 10.9. The van der Waals surface area contributed by atoms with E-state index >= 15 is 0 Å². The van der Waals surface area contributed by atoms with Gasteiger partial charge in [-0.15, -0.1) is 0 Å². The van der Waals surface area contributed by atoms with E-state index in [1.54, 1.807) is 18.7 Å². The fraction of sp³-hybridized carbons (Fsp3) is 0.222. The van der Waals surface area contributed by atoms with Crippen molar-refractivity contribution < 1.29 is 9.90 Å². The van der Waals surface area contributed by atoms with Crippen LogP contribution in [0.15, 0.2) is 12.3 Å². The summed E-state index contributed by atoms with van der Waals surface area (Å²) in [5.41, 5.74) is 1.53. The van der Waals surface area contributed by atoms with Gasteiger partial charge in [0.05, 0.1) is 17.1 Å². The summed E-state index contributed by atoms with van der Waals surface area (Å²) in [6.45, 7) is 1.76. The van der Waals surface area contributed by atoms with Gasteiger partial charge in [-0.2, -0.15) is 5.10 Å². The van der Waals surface area contributed by atoms with Gasteiger partial charge in [0.15, 0.2) is 5.69 Å². The summed E-state index contributed by atoms with van der Waals surface area (Å²) in [6, 6.07) is 1.81. The Morgan fingerprint density at radius 3 is 2.93 bits per heavy atom. The molecular formula is C9H9N3O2. The number of nitrogens with zero attached hydrogens (tertiary/aromatic N) is 3. The molecule has 0 amide bonds. The van der Waals surface area contributed by atoms with Gasteiger partial charge >= 0.3 is 5.97 Å². The van der Waals surface area contributed by atoms with Crippen LogP contribution >= 0.6 is 0 Å². The first-order valence-corrected chi connectivity index (χ1v) is 4.12. The Labute approximate surface area is 80.0 Å². The minimum absolute atomic E-state index is 0.0631. The molecule has 2 rings (SSSR count). The van der Waals surface area contributed by atoms with Gasteiger partial charge in [0.25, 0.3) is 0 Å². The molecule has 0 aliphatic heterocycles. The largest absolute Gasteiger partial charge is 0.476 e. The van der Waals surface area contributed by atoms with E-state index in [0.717, 1.165) is 5.52 Å². The number of carboxylic acid groups (broad SMARTS) is 1. The van der Waals surface area contributed by atoms with Crippen LogP contribution in [0.4, 0.5) is 0 Å². The second kappa shape index (κ2) is 2.80. The third kappa shape index (κ3) is 1.14. The molecule has 5 heteroatoms. The zero-order valence-corrected chi connectivity index (χ0v) is 7.85. The van der Waals surface area contributed by atoms with Gasteiger partial charge in [0.1, 0.15) is 0 Å². The predicted molar refractivity (Wildman–Crippen MR) is 50.2 cm³/mol. The summed E-state index contributed by atoms with van der Waals surface area (Å²) in [7, 11) is 1.77. The van der Waals surface area contributed by atoms with Crippen molar-refractivity contribution in [2.24, 2.45) is 7.05 Å². The summed E-state index contributed by atoms with van der Waals surface area (Å²) in [4.78, 5) is 14.8. The van der Waals surface area contributed by atoms with Crippen LogP contribution in [0.25, 0.3) is 10.9 Å². The smallest absolute Gasteiger partial charge is 0.355 e. The van der Waals surface area contributed by atoms with Crippen LogP contribution in [-0.4, -0.2) is 25.8 Å². The predicted octanol–water partition coefficient (Wildman–Crippen LogP) is 0.975. The number of hydrogen-bond acceptors (Lipinski definition) is 3. The average molecular weight is 191 g/mol. The fourth-order valence-corrected chi connectivity index (χ4v) is 1.43. The molecule has 0 aliphatic rings. The van der Waals surface area contributed by atoms with E-state index in [0.29, 0.717) is 11.1 Å². The van der Waals surface area contributed by atoms with Crippen molar-refractivity contribution in [2.75, 3.05) is 0 Å². The van der Waals surface area contributed by atoms with E-state index in [-0.39, 0.29) is 5.69 Å². The average Bonchev–Trinajstić information content (AvgIpc) is 2.47. The lowest BCUT2D eigenvalue weighted by Gasteiger charge is -1.99. The molecular weight excluding hydrogens is 182 g/mol. The van der Waals surface area contributed by atoms with E-state index in [1.165, 1.54) is 6.20 Å². The minimum atomic E-state index is -1.02. The monoisotopic (exact) mass is 191 g/mol. The highest BCUT2D eigenvalue weighted by molar-refractivity contribution is 6.00. The van der Waals surface area contributed by atoms with Crippen molar-refractivity contribution in [1.82, 2.24) is 14.8 Å². The molecule has 2 heterocycles. The van der Waals surface area contributed by atoms with Crippen LogP contribution in [-0.2, 0) is 7.05 Å². The molecule has 0 aliphatic carbocycles. The highest BCUT2D eigenvalue weighted by atomic mass is 16.4. The van der Waals surface area contributed by atoms with E-state index in [4.69, 9.17) is 5.11 Å². The van der Waals surface area contributed by atoms with E-state index < -0.39 is 5.97 Å². The molecule has 2 aromatic heterocycles. The second-order valence-electron chi connectivity index (χ2n) is 3.12. The quantitative estimate of drug-likeness (QED) is 0.729. The molecule has 0 saturated heterocycles. The molecule has 0 aromatic carbocycles. The van der Waals surface area contributed by atoms with Gasteiger partial charge in [0, 0.05) is 12.7 Å². The third-order valence-corrected chi connectivity index (χ3v) is 2.08. The summed E-state index contributed by atoms with van der Waals surface area (Å²) < 4.78 is 1.64. The van der Waals surface area contributed by atoms with E-state index in [1.807, 2.05) is 6.07 Å². The molecule has 14 heavy (non-hydrogen) atoms. The summed E-state index contributed by atoms with van der Waals surface area (Å²) in [5.74, 6) is -1.02. The van der Waals surface area contributed by atoms with Crippen molar-refractivity contribution in [3.8, 4) is 0 Å². The number of aromatic carboxylic acids is 1. The van der Waals surface area contributed by atoms with E-state index in [2.05, 4.69) is 10.1 Å². The summed E-state index contributed by atoms with van der Waals surface area (Å²) in [6.07, 6.45) is 1.52. The van der Waals surface area contributed by atoms with Gasteiger partial charge in [-0.05, 0) is 13.0 Å². The fourth-order valence-electron chi connectivity index (χ4n) is 1.43. The first-order chi connectivity index (χ1) is 6.59. The first kappa shape index (κ1) is 8.68. The number of hydrogen-bond donors (Lipinski definition) is 1. The summed E-state index contributed by atoms with van der Waals surface area (Å²) in [5, 5.41) is 13.5. The van der Waals surface area contributed by atoms with Crippen molar-refractivity contribution >= 4 is 16.9 Å². The zero-order valence-electron chi connectivity index (χ0n) is 7.85. The number of carbonyl (C=O) groups is 1. The Hall–Kier alpha value is -1.91. The highest BCUT2D eigenvalue weighted by Crippen LogP contribution is 2.17. The van der Waals surface area contributed by atoms with Gasteiger partial charge in [-0.25, -0.2) is 9.78 Å². The van der Waals surface area contributed by atoms with Crippen molar-refractivity contribution in [3.05, 3.63) is 23.7 Å². The number of aromatic nitrogens is 3. The van der Waals surface area contributed by atoms with Crippen LogP contribution in [0.1, 0.15) is 16.2 Å². The molecule has 0 atom stereocenters. The molecule has 0 radical (unpaired) electrons. The van der Waals surface area contributed by atoms with Gasteiger partial charge in [-0.1, -0.05) is 0 Å². The van der Waals surface area contributed by atoms with Crippen LogP contribution < -0.4 is 0 Å². The molecule has 2 aromatic rings. The lowest BCUT2D eigenvalue weighted by molar-refractivity contribution is 0.0692. The normalized spacial score (nSPS) is 10.7. The first-order valence-electron chi connectivity index (χ1n) is 4.12. The Bertz CT molecular complexity index is 516. The maximum atomic E-state index is 10.9. The summed E-state index contributed by atoms with van der Waals surface area (Å²) >= 11 is 0. The molecule has 0 spiro atoms. The lowest BCUT2D eigenvalue weighted by Crippen LogP contribution is -2.02. The van der Waals surface area contributed by atoms with E-state index in [9.17, 15) is 4.79 Å². The van der Waals surface area contributed by atoms with Gasteiger partial charge in [-0.3, -0.25) is 4.68 Å². The minimum Gasteiger partial charge on any atom is -0.476 e. The van der Waals surface area contributed by atoms with Crippen molar-refractivity contribution in [3.63, 3.8) is 0 Å². The SMILES string of the molecule is Cc1cc2c(cnn2C)c(C(=O)O)n1. The second-order valence-corrected chi connectivity index (χ2v) is 3.12. The van der Waals surface area contributed by atoms with Gasteiger partial charge < -0.3 is 5.11 Å². The maximum Gasteiger partial charge on any atom is 0.355 e. The Kier molecular flexibility index (Phi) is 1.73. The molecule has 0 fully saturated rings. The molecule has 1 N–H and O–H groups in total. The number of aryl methyl sites for hydroxylation is 2. The van der Waals surface area contributed by atoms with Crippen LogP contribution in [0.3, 0.4) is 0 Å². The Morgan fingerprint density at radius 1 is 1.57 bits per heavy atom. The van der Waals surface area contributed by atoms with Gasteiger partial charge in [0.2, 0.25) is 0 Å². The zero-order chi connectivity index (χ0) is 10.3. The molecule has 0 unspecified atom stereocenters. The Balaban J connectivity index is 2.88. The topological polar surface area (TPSA) is 68.0 Å². The number of pyridine rings is 1. The standard InChI is InChI=1S/C9H9N3O2/c1-5-3-7-6(4-10-12(7)2)8(11-5)9(13)14/h3-4H,1-2H3,(H,13,14). The van der Waals surface area contributed by atoms with Crippen molar-refractivity contribution in [1.29, 1.82) is 0 Å². The number of carboxylic acids is 1. The number of rotatable bonds is 1.